The number of nitrogens with one attached hydrogen (secondary N) is 1. The molecular formula is C12H17NO5S. The van der Waals surface area contributed by atoms with E-state index in [-0.39, 0.29) is 17.3 Å². The summed E-state index contributed by atoms with van der Waals surface area (Å²) in [5, 5.41) is 0. The maximum atomic E-state index is 12.1. The molecule has 1 fully saturated rings. The van der Waals surface area contributed by atoms with Gasteiger partial charge in [-0.15, -0.1) is 0 Å². The zero-order valence-electron chi connectivity index (χ0n) is 10.9. The van der Waals surface area contributed by atoms with E-state index in [9.17, 15) is 13.2 Å². The van der Waals surface area contributed by atoms with Crippen LogP contribution in [-0.4, -0.2) is 27.5 Å². The molecule has 1 saturated heterocycles. The predicted octanol–water partition coefficient (Wildman–Crippen LogP) is 1.13. The Morgan fingerprint density at radius 2 is 2.16 bits per heavy atom. The molecule has 1 aliphatic rings. The van der Waals surface area contributed by atoms with Crippen LogP contribution in [-0.2, 0) is 19.6 Å². The second-order valence-electron chi connectivity index (χ2n) is 4.66. The Balaban J connectivity index is 2.13. The quantitative estimate of drug-likeness (QED) is 0.900. The highest BCUT2D eigenvalue weighted by Gasteiger charge is 2.28. The Hall–Kier alpha value is -1.34. The summed E-state index contributed by atoms with van der Waals surface area (Å²) in [6.07, 6.45) is 1.41. The number of sulfonamides is 1. The first-order chi connectivity index (χ1) is 8.90. The molecule has 2 rings (SSSR count). The third-order valence-corrected chi connectivity index (χ3v) is 4.51. The molecule has 1 aromatic heterocycles. The second kappa shape index (κ2) is 5.34. The lowest BCUT2D eigenvalue weighted by molar-refractivity contribution is -0.127. The summed E-state index contributed by atoms with van der Waals surface area (Å²) in [6, 6.07) is 1.41. The Morgan fingerprint density at radius 3 is 2.68 bits per heavy atom. The van der Waals surface area contributed by atoms with E-state index >= 15 is 0 Å². The summed E-state index contributed by atoms with van der Waals surface area (Å²) in [5.41, 5.74) is 0. The molecule has 106 valence electrons. The van der Waals surface area contributed by atoms with Crippen molar-refractivity contribution in [1.29, 1.82) is 0 Å². The van der Waals surface area contributed by atoms with Crippen LogP contribution in [0.1, 0.15) is 24.4 Å². The standard InChI is InChI=1S/C12H17NO5S/c1-8-6-11(9(2)18-8)19(15,16)13-12(14)10-4-3-5-17-7-10/h6,10H,3-5,7H2,1-2H3,(H,13,14). The van der Waals surface area contributed by atoms with E-state index in [1.807, 2.05) is 0 Å². The average Bonchev–Trinajstić information content (AvgIpc) is 2.70. The van der Waals surface area contributed by atoms with E-state index in [2.05, 4.69) is 4.72 Å². The average molecular weight is 287 g/mol. The van der Waals surface area contributed by atoms with Crippen molar-refractivity contribution < 1.29 is 22.4 Å². The van der Waals surface area contributed by atoms with E-state index in [4.69, 9.17) is 9.15 Å². The van der Waals surface area contributed by atoms with Gasteiger partial charge < -0.3 is 9.15 Å². The van der Waals surface area contributed by atoms with Gasteiger partial charge in [0.2, 0.25) is 5.91 Å². The van der Waals surface area contributed by atoms with Crippen LogP contribution >= 0.6 is 0 Å². The summed E-state index contributed by atoms with van der Waals surface area (Å²) in [5.74, 6) is -0.154. The third kappa shape index (κ3) is 3.16. The van der Waals surface area contributed by atoms with Crippen molar-refractivity contribution in [3.8, 4) is 0 Å². The van der Waals surface area contributed by atoms with Gasteiger partial charge in [-0.3, -0.25) is 4.79 Å². The molecule has 1 amide bonds. The van der Waals surface area contributed by atoms with Crippen LogP contribution in [0.5, 0.6) is 0 Å². The fraction of sp³-hybridized carbons (Fsp3) is 0.583. The molecule has 7 heteroatoms. The highest BCUT2D eigenvalue weighted by molar-refractivity contribution is 7.90. The topological polar surface area (TPSA) is 85.6 Å². The number of hydrogen-bond acceptors (Lipinski definition) is 5. The van der Waals surface area contributed by atoms with Gasteiger partial charge in [0.1, 0.15) is 16.4 Å². The number of rotatable bonds is 3. The van der Waals surface area contributed by atoms with Crippen molar-refractivity contribution in [2.24, 2.45) is 5.92 Å². The van der Waals surface area contributed by atoms with Crippen LogP contribution < -0.4 is 4.72 Å². The van der Waals surface area contributed by atoms with E-state index in [1.165, 1.54) is 6.07 Å². The maximum absolute atomic E-state index is 12.1. The lowest BCUT2D eigenvalue weighted by Gasteiger charge is -2.20. The molecule has 0 radical (unpaired) electrons. The minimum absolute atomic E-state index is 0.00933. The molecule has 1 aromatic rings. The van der Waals surface area contributed by atoms with Gasteiger partial charge in [-0.05, 0) is 26.7 Å². The van der Waals surface area contributed by atoms with Crippen molar-refractivity contribution in [2.45, 2.75) is 31.6 Å². The lowest BCUT2D eigenvalue weighted by atomic mass is 10.0. The normalized spacial score (nSPS) is 20.2. The van der Waals surface area contributed by atoms with Crippen molar-refractivity contribution in [2.75, 3.05) is 13.2 Å². The third-order valence-electron chi connectivity index (χ3n) is 3.05. The molecule has 1 aliphatic heterocycles. The molecule has 1 atom stereocenters. The summed E-state index contributed by atoms with van der Waals surface area (Å²) >= 11 is 0. The summed E-state index contributed by atoms with van der Waals surface area (Å²) in [6.45, 7) is 4.10. The molecule has 19 heavy (non-hydrogen) atoms. The molecule has 0 saturated carbocycles. The Morgan fingerprint density at radius 1 is 1.42 bits per heavy atom. The van der Waals surface area contributed by atoms with Gasteiger partial charge in [0.25, 0.3) is 10.0 Å². The molecule has 1 unspecified atom stereocenters. The maximum Gasteiger partial charge on any atom is 0.267 e. The van der Waals surface area contributed by atoms with Gasteiger partial charge in [-0.1, -0.05) is 0 Å². The first-order valence-electron chi connectivity index (χ1n) is 6.11. The largest absolute Gasteiger partial charge is 0.465 e. The molecule has 0 aromatic carbocycles. The van der Waals surface area contributed by atoms with Crippen LogP contribution in [0.2, 0.25) is 0 Å². The highest BCUT2D eigenvalue weighted by atomic mass is 32.2. The Bertz CT molecular complexity index is 569. The van der Waals surface area contributed by atoms with Crippen molar-refractivity contribution in [3.63, 3.8) is 0 Å². The SMILES string of the molecule is Cc1cc(S(=O)(=O)NC(=O)C2CCCOC2)c(C)o1. The number of carbonyl (C=O) groups excluding carboxylic acids is 1. The number of hydrogen-bond donors (Lipinski definition) is 1. The molecule has 0 spiro atoms. The van der Waals surface area contributed by atoms with Crippen molar-refractivity contribution >= 4 is 15.9 Å². The number of ether oxygens (including phenoxy) is 1. The Labute approximate surface area is 112 Å². The molecule has 6 nitrogen and oxygen atoms in total. The predicted molar refractivity (Wildman–Crippen MR) is 67.1 cm³/mol. The fourth-order valence-corrected chi connectivity index (χ4v) is 3.38. The van der Waals surface area contributed by atoms with Crippen LogP contribution in [0.4, 0.5) is 0 Å². The number of aryl methyl sites for hydroxylation is 2. The van der Waals surface area contributed by atoms with Crippen LogP contribution in [0.25, 0.3) is 0 Å². The van der Waals surface area contributed by atoms with E-state index in [0.29, 0.717) is 18.8 Å². The van der Waals surface area contributed by atoms with Crippen LogP contribution in [0, 0.1) is 19.8 Å². The van der Waals surface area contributed by atoms with Crippen molar-refractivity contribution in [1.82, 2.24) is 4.72 Å². The van der Waals surface area contributed by atoms with E-state index in [1.54, 1.807) is 13.8 Å². The Kier molecular flexibility index (Phi) is 3.96. The molecule has 0 bridgehead atoms. The highest BCUT2D eigenvalue weighted by Crippen LogP contribution is 2.20. The van der Waals surface area contributed by atoms with Crippen LogP contribution in [0.3, 0.4) is 0 Å². The van der Waals surface area contributed by atoms with Gasteiger partial charge in [-0.25, -0.2) is 13.1 Å². The molecule has 2 heterocycles. The fourth-order valence-electron chi connectivity index (χ4n) is 2.09. The summed E-state index contributed by atoms with van der Waals surface area (Å²) in [7, 11) is -3.87. The molecule has 0 aliphatic carbocycles. The van der Waals surface area contributed by atoms with Gasteiger partial charge >= 0.3 is 0 Å². The zero-order valence-corrected chi connectivity index (χ0v) is 11.7. The minimum atomic E-state index is -3.87. The number of amides is 1. The van der Waals surface area contributed by atoms with Crippen LogP contribution in [0.15, 0.2) is 15.4 Å². The van der Waals surface area contributed by atoms with E-state index < -0.39 is 21.8 Å². The lowest BCUT2D eigenvalue weighted by Crippen LogP contribution is -2.39. The van der Waals surface area contributed by atoms with E-state index in [0.717, 1.165) is 6.42 Å². The summed E-state index contributed by atoms with van der Waals surface area (Å²) < 4.78 is 36.6. The van der Waals surface area contributed by atoms with Gasteiger partial charge in [-0.2, -0.15) is 0 Å². The van der Waals surface area contributed by atoms with Gasteiger partial charge in [0.15, 0.2) is 0 Å². The number of carbonyl (C=O) groups is 1. The number of furan rings is 1. The monoisotopic (exact) mass is 287 g/mol. The van der Waals surface area contributed by atoms with Crippen molar-refractivity contribution in [3.05, 3.63) is 17.6 Å². The first kappa shape index (κ1) is 14.1. The van der Waals surface area contributed by atoms with Gasteiger partial charge in [0.05, 0.1) is 12.5 Å². The minimum Gasteiger partial charge on any atom is -0.465 e. The second-order valence-corrected chi connectivity index (χ2v) is 6.31. The smallest absolute Gasteiger partial charge is 0.267 e. The molecular weight excluding hydrogens is 270 g/mol. The zero-order chi connectivity index (χ0) is 14.0. The first-order valence-corrected chi connectivity index (χ1v) is 7.60. The van der Waals surface area contributed by atoms with Gasteiger partial charge in [0, 0.05) is 12.7 Å². The molecule has 1 N–H and O–H groups in total. The summed E-state index contributed by atoms with van der Waals surface area (Å²) in [4.78, 5) is 11.9.